The van der Waals surface area contributed by atoms with Gasteiger partial charge in [0, 0.05) is 36.8 Å². The first-order chi connectivity index (χ1) is 33.0. The lowest BCUT2D eigenvalue weighted by Crippen LogP contribution is -2.33. The van der Waals surface area contributed by atoms with Gasteiger partial charge in [-0.1, -0.05) is 4.98 Å². The number of nitrogens with one attached hydrogen (secondary N) is 3. The first-order valence-electron chi connectivity index (χ1n) is 19.1. The summed E-state index contributed by atoms with van der Waals surface area (Å²) in [4.78, 5) is 33.4. The summed E-state index contributed by atoms with van der Waals surface area (Å²) < 4.78 is 124. The van der Waals surface area contributed by atoms with Crippen molar-refractivity contribution in [3.63, 3.8) is 0 Å². The molecule has 0 fully saturated rings. The highest BCUT2D eigenvalue weighted by molar-refractivity contribution is 7.86. The SMILES string of the molecule is CNc1ccc(N=Nc2cc3c(S(=O)(=O)O)cc(OS(=O)O)cc3cc2S(=O)(=O)O)c(NC(C)=O)c1.O=C(O)c1ccc[n+](-c2ncnc(Nc3ccc(N=Nc4ccc(S(=O)(=O)O)cc4)cc3)n2)c1. The molecule has 0 radical (unpaired) electrons. The van der Waals surface area contributed by atoms with Crippen molar-refractivity contribution < 1.29 is 71.1 Å². The number of aromatic carboxylic acids is 1. The number of azo groups is 2. The van der Waals surface area contributed by atoms with Crippen molar-refractivity contribution in [2.24, 2.45) is 20.5 Å². The van der Waals surface area contributed by atoms with E-state index in [1.165, 1.54) is 66.5 Å². The Hall–Kier alpha value is -8.10. The van der Waals surface area contributed by atoms with Gasteiger partial charge in [-0.25, -0.2) is 9.36 Å². The third kappa shape index (κ3) is 13.8. The first kappa shape index (κ1) is 51.3. The number of carbonyl (C=O) groups excluding carboxylic acids is 1. The molecule has 362 valence electrons. The number of pyridine rings is 1. The fourth-order valence-electron chi connectivity index (χ4n) is 5.86. The maximum atomic E-state index is 12.1. The van der Waals surface area contributed by atoms with Crippen molar-refractivity contribution in [3.8, 4) is 11.7 Å². The number of hydrogen-bond donors (Lipinski definition) is 8. The minimum Gasteiger partial charge on any atom is -0.478 e. The predicted octanol–water partition coefficient (Wildman–Crippen LogP) is 6.52. The molecule has 5 aromatic carbocycles. The van der Waals surface area contributed by atoms with Crippen molar-refractivity contribution in [3.05, 3.63) is 127 Å². The number of amides is 1. The zero-order chi connectivity index (χ0) is 51.0. The molecule has 0 bridgehead atoms. The third-order valence-corrected chi connectivity index (χ3v) is 11.9. The molecule has 0 aliphatic heterocycles. The summed E-state index contributed by atoms with van der Waals surface area (Å²) in [6, 6.07) is 23.3. The molecule has 0 saturated heterocycles. The van der Waals surface area contributed by atoms with Gasteiger partial charge in [0.1, 0.15) is 26.9 Å². The number of benzene rings is 5. The van der Waals surface area contributed by atoms with Crippen LogP contribution in [0.3, 0.4) is 0 Å². The van der Waals surface area contributed by atoms with E-state index in [9.17, 15) is 48.2 Å². The van der Waals surface area contributed by atoms with Crippen LogP contribution in [0.15, 0.2) is 157 Å². The van der Waals surface area contributed by atoms with Gasteiger partial charge in [0.2, 0.25) is 12.2 Å². The largest absolute Gasteiger partial charge is 0.478 e. The molecule has 0 aliphatic carbocycles. The summed E-state index contributed by atoms with van der Waals surface area (Å²) in [6.07, 6.45) is 4.33. The van der Waals surface area contributed by atoms with Gasteiger partial charge in [0.05, 0.1) is 39.9 Å². The first-order valence-corrected chi connectivity index (χ1v) is 24.5. The van der Waals surface area contributed by atoms with Crippen LogP contribution in [0.2, 0.25) is 0 Å². The normalized spacial score (nSPS) is 12.3. The Kier molecular flexibility index (Phi) is 15.7. The lowest BCUT2D eigenvalue weighted by atomic mass is 10.1. The Bertz CT molecular complexity index is 3590. The molecule has 1 atom stereocenters. The van der Waals surface area contributed by atoms with Crippen molar-refractivity contribution >= 4 is 110 Å². The zero-order valence-electron chi connectivity index (χ0n) is 35.6. The zero-order valence-corrected chi connectivity index (χ0v) is 38.8. The molecule has 0 spiro atoms. The second-order valence-corrected chi connectivity index (χ2v) is 18.6. The number of nitrogens with zero attached hydrogens (tertiary/aromatic N) is 8. The molecule has 2 heterocycles. The Morgan fingerprint density at radius 1 is 0.729 bits per heavy atom. The summed E-state index contributed by atoms with van der Waals surface area (Å²) in [6.45, 7) is 1.26. The number of aromatic nitrogens is 4. The van der Waals surface area contributed by atoms with E-state index in [4.69, 9.17) is 14.2 Å². The van der Waals surface area contributed by atoms with Gasteiger partial charge in [0.15, 0.2) is 0 Å². The van der Waals surface area contributed by atoms with Crippen molar-refractivity contribution in [2.75, 3.05) is 23.0 Å². The van der Waals surface area contributed by atoms with Crippen LogP contribution in [0.5, 0.6) is 5.75 Å². The molecule has 7 rings (SSSR count). The molecule has 1 unspecified atom stereocenters. The molecule has 30 heteroatoms. The van der Waals surface area contributed by atoms with Crippen LogP contribution >= 0.6 is 0 Å². The van der Waals surface area contributed by atoms with E-state index in [2.05, 4.69) is 55.5 Å². The summed E-state index contributed by atoms with van der Waals surface area (Å²) in [5, 5.41) is 33.0. The number of carboxylic acid groups (broad SMARTS) is 1. The van der Waals surface area contributed by atoms with Crippen LogP contribution in [0.1, 0.15) is 17.3 Å². The number of rotatable bonds is 15. The average molecular weight is 1040 g/mol. The maximum Gasteiger partial charge on any atom is 0.442 e. The van der Waals surface area contributed by atoms with E-state index in [1.54, 1.807) is 49.6 Å². The van der Waals surface area contributed by atoms with E-state index in [-0.39, 0.29) is 44.5 Å². The van der Waals surface area contributed by atoms with Crippen molar-refractivity contribution in [2.45, 2.75) is 21.6 Å². The average Bonchev–Trinajstić information content (AvgIpc) is 3.29. The quantitative estimate of drug-likeness (QED) is 0.0234. The van der Waals surface area contributed by atoms with E-state index in [1.807, 2.05) is 0 Å². The van der Waals surface area contributed by atoms with Crippen LogP contribution < -0.4 is 24.7 Å². The summed E-state index contributed by atoms with van der Waals surface area (Å²) >= 11 is -2.87. The molecular formula is C40H34N11O15S4+. The van der Waals surface area contributed by atoms with Crippen LogP contribution in [0, 0.1) is 0 Å². The second-order valence-electron chi connectivity index (χ2n) is 13.8. The van der Waals surface area contributed by atoms with E-state index in [0.29, 0.717) is 22.7 Å². The molecule has 7 aromatic rings. The van der Waals surface area contributed by atoms with E-state index in [0.717, 1.165) is 24.3 Å². The van der Waals surface area contributed by atoms with Crippen LogP contribution in [0.25, 0.3) is 16.7 Å². The number of carbonyl (C=O) groups is 2. The van der Waals surface area contributed by atoms with Gasteiger partial charge in [-0.05, 0) is 107 Å². The van der Waals surface area contributed by atoms with Gasteiger partial charge < -0.3 is 25.2 Å². The molecule has 1 amide bonds. The predicted molar refractivity (Wildman–Crippen MR) is 248 cm³/mol. The number of carboxylic acids is 1. The van der Waals surface area contributed by atoms with Gasteiger partial charge in [-0.2, -0.15) is 44.7 Å². The third-order valence-electron chi connectivity index (χ3n) is 8.93. The Morgan fingerprint density at radius 3 is 1.94 bits per heavy atom. The minimum atomic E-state index is -4.95. The lowest BCUT2D eigenvalue weighted by Gasteiger charge is -2.11. The number of fused-ring (bicyclic) bond motifs is 1. The monoisotopic (exact) mass is 1040 g/mol. The van der Waals surface area contributed by atoms with Crippen LogP contribution in [-0.4, -0.2) is 86.7 Å². The van der Waals surface area contributed by atoms with Gasteiger partial charge >= 0.3 is 29.2 Å². The highest BCUT2D eigenvalue weighted by atomic mass is 32.2. The fourth-order valence-corrected chi connectivity index (χ4v) is 7.96. The highest BCUT2D eigenvalue weighted by Gasteiger charge is 2.23. The van der Waals surface area contributed by atoms with E-state index >= 15 is 0 Å². The molecule has 0 aliphatic rings. The lowest BCUT2D eigenvalue weighted by molar-refractivity contribution is -0.603. The Balaban J connectivity index is 0.000000230. The molecule has 2 aromatic heterocycles. The molecule has 70 heavy (non-hydrogen) atoms. The molecule has 26 nitrogen and oxygen atoms in total. The Morgan fingerprint density at radius 2 is 1.36 bits per heavy atom. The van der Waals surface area contributed by atoms with Crippen LogP contribution in [-0.2, 0) is 46.5 Å². The Labute approximate surface area is 398 Å². The standard InChI is InChI=1S/C21H15N7O5S.C19H18N4O10S3/c29-19(30)14-2-1-11-28(12-14)21-23-13-22-20(25-21)24-15-3-5-16(6-4-15)26-27-17-7-9-18(10-8-17)34(31,32)33;1-10(24)21-16-7-12(20-2)3-4-15(16)22-23-17-9-14-11(6-19(17)36(30,31)32)5-13(33-34(25)26)8-18(14)35(27,28)29/h1-13H,(H2-,22,23,24,25,27,29,30,31,32,33);3-9,20H,1-2H3,(H,21,24)(H,25,26)(H,27,28,29)(H,30,31,32)/p+1. The van der Waals surface area contributed by atoms with Gasteiger partial charge in [-0.3, -0.25) is 23.0 Å². The van der Waals surface area contributed by atoms with Crippen molar-refractivity contribution in [1.82, 2.24) is 15.0 Å². The second kappa shape index (κ2) is 21.5. The smallest absolute Gasteiger partial charge is 0.442 e. The summed E-state index contributed by atoms with van der Waals surface area (Å²) in [5.74, 6) is -1.48. The van der Waals surface area contributed by atoms with Crippen molar-refractivity contribution in [1.29, 1.82) is 0 Å². The van der Waals surface area contributed by atoms with Gasteiger partial charge in [-0.15, -0.1) is 10.2 Å². The maximum absolute atomic E-state index is 12.1. The fraction of sp³-hybridized carbons (Fsp3) is 0.0500. The minimum absolute atomic E-state index is 0.0924. The van der Waals surface area contributed by atoms with E-state index < -0.39 is 74.8 Å². The van der Waals surface area contributed by atoms with Gasteiger partial charge in [0.25, 0.3) is 30.4 Å². The number of anilines is 4. The summed E-state index contributed by atoms with van der Waals surface area (Å²) in [7, 11) is -12.5. The van der Waals surface area contributed by atoms with Crippen LogP contribution in [0.4, 0.5) is 45.8 Å². The summed E-state index contributed by atoms with van der Waals surface area (Å²) in [5.41, 5.74) is 2.12. The molecule has 0 saturated carbocycles. The molecule has 8 N–H and O–H groups in total. The molecular weight excluding hydrogens is 1000 g/mol. The number of hydrogen-bond acceptors (Lipinski definition) is 19. The topological polar surface area (TPSA) is 392 Å². The highest BCUT2D eigenvalue weighted by Crippen LogP contribution is 2.38.